The van der Waals surface area contributed by atoms with Crippen LogP contribution in [0.25, 0.3) is 11.0 Å². The third kappa shape index (κ3) is 1.63. The molecule has 0 saturated carbocycles. The minimum absolute atomic E-state index is 0.731. The van der Waals surface area contributed by atoms with E-state index in [-0.39, 0.29) is 0 Å². The van der Waals surface area contributed by atoms with Gasteiger partial charge in [0.2, 0.25) is 0 Å². The molecule has 2 aromatic heterocycles. The molecule has 16 heavy (non-hydrogen) atoms. The van der Waals surface area contributed by atoms with Crippen LogP contribution in [-0.4, -0.2) is 4.98 Å². The predicted molar refractivity (Wildman–Crippen MR) is 63.7 cm³/mol. The van der Waals surface area contributed by atoms with E-state index in [0.717, 1.165) is 22.5 Å². The number of benzene rings is 1. The molecule has 0 atom stereocenters. The van der Waals surface area contributed by atoms with E-state index < -0.39 is 0 Å². The third-order valence-corrected chi connectivity index (χ3v) is 2.35. The number of anilines is 2. The molecule has 0 aliphatic carbocycles. The quantitative estimate of drug-likeness (QED) is 0.702. The molecular formula is C13H10N2O. The van der Waals surface area contributed by atoms with Crippen molar-refractivity contribution in [1.82, 2.24) is 4.98 Å². The zero-order chi connectivity index (χ0) is 10.8. The fourth-order valence-corrected chi connectivity index (χ4v) is 1.62. The zero-order valence-corrected chi connectivity index (χ0v) is 8.55. The lowest BCUT2D eigenvalue weighted by Gasteiger charge is -1.99. The van der Waals surface area contributed by atoms with E-state index in [1.807, 2.05) is 42.5 Å². The van der Waals surface area contributed by atoms with Gasteiger partial charge in [-0.2, -0.15) is 0 Å². The summed E-state index contributed by atoms with van der Waals surface area (Å²) in [7, 11) is 0. The standard InChI is InChI=1S/C13H10N2O/c1-2-6-12-10(4-1)8-13(16-12)15-11-5-3-7-14-9-11/h1-9,15H. The molecule has 3 rings (SSSR count). The molecule has 2 heterocycles. The first-order valence-electron chi connectivity index (χ1n) is 5.07. The van der Waals surface area contributed by atoms with E-state index >= 15 is 0 Å². The van der Waals surface area contributed by atoms with E-state index in [2.05, 4.69) is 10.3 Å². The van der Waals surface area contributed by atoms with Gasteiger partial charge in [-0.1, -0.05) is 18.2 Å². The highest BCUT2D eigenvalue weighted by Crippen LogP contribution is 2.24. The fourth-order valence-electron chi connectivity index (χ4n) is 1.62. The maximum Gasteiger partial charge on any atom is 0.198 e. The van der Waals surface area contributed by atoms with E-state index in [4.69, 9.17) is 4.42 Å². The second-order valence-electron chi connectivity index (χ2n) is 3.52. The van der Waals surface area contributed by atoms with E-state index in [1.54, 1.807) is 12.4 Å². The monoisotopic (exact) mass is 210 g/mol. The van der Waals surface area contributed by atoms with Gasteiger partial charge < -0.3 is 9.73 Å². The number of furan rings is 1. The van der Waals surface area contributed by atoms with Crippen LogP contribution in [-0.2, 0) is 0 Å². The van der Waals surface area contributed by atoms with Gasteiger partial charge in [0.25, 0.3) is 0 Å². The Morgan fingerprint density at radius 1 is 1.06 bits per heavy atom. The van der Waals surface area contributed by atoms with Crippen molar-refractivity contribution in [2.75, 3.05) is 5.32 Å². The lowest BCUT2D eigenvalue weighted by atomic mass is 10.3. The number of hydrogen-bond donors (Lipinski definition) is 1. The molecule has 0 aliphatic heterocycles. The Bertz CT molecular complexity index is 568. The Morgan fingerprint density at radius 3 is 2.81 bits per heavy atom. The Hall–Kier alpha value is -2.29. The topological polar surface area (TPSA) is 38.1 Å². The first kappa shape index (κ1) is 8.97. The second-order valence-corrected chi connectivity index (χ2v) is 3.52. The largest absolute Gasteiger partial charge is 0.440 e. The minimum Gasteiger partial charge on any atom is -0.440 e. The molecule has 3 nitrogen and oxygen atoms in total. The van der Waals surface area contributed by atoms with Crippen molar-refractivity contribution < 1.29 is 4.42 Å². The van der Waals surface area contributed by atoms with Crippen molar-refractivity contribution in [2.24, 2.45) is 0 Å². The Labute approximate surface area is 92.7 Å². The molecule has 0 aliphatic rings. The van der Waals surface area contributed by atoms with Gasteiger partial charge in [-0.3, -0.25) is 4.98 Å². The molecule has 1 N–H and O–H groups in total. The molecule has 0 fully saturated rings. The average molecular weight is 210 g/mol. The number of nitrogens with one attached hydrogen (secondary N) is 1. The van der Waals surface area contributed by atoms with Gasteiger partial charge in [0.05, 0.1) is 11.9 Å². The smallest absolute Gasteiger partial charge is 0.198 e. The summed E-state index contributed by atoms with van der Waals surface area (Å²) in [5.74, 6) is 0.731. The van der Waals surface area contributed by atoms with Crippen LogP contribution in [0, 0.1) is 0 Å². The van der Waals surface area contributed by atoms with Gasteiger partial charge in [-0.25, -0.2) is 0 Å². The van der Waals surface area contributed by atoms with Gasteiger partial charge in [0.15, 0.2) is 5.88 Å². The van der Waals surface area contributed by atoms with Crippen molar-refractivity contribution in [2.45, 2.75) is 0 Å². The van der Waals surface area contributed by atoms with Crippen LogP contribution in [0.5, 0.6) is 0 Å². The van der Waals surface area contributed by atoms with Crippen molar-refractivity contribution >= 4 is 22.5 Å². The maximum absolute atomic E-state index is 5.63. The summed E-state index contributed by atoms with van der Waals surface area (Å²) < 4.78 is 5.63. The van der Waals surface area contributed by atoms with Crippen LogP contribution >= 0.6 is 0 Å². The number of nitrogens with zero attached hydrogens (tertiary/aromatic N) is 1. The number of fused-ring (bicyclic) bond motifs is 1. The SMILES string of the molecule is c1cncc(Nc2cc3ccccc3o2)c1. The van der Waals surface area contributed by atoms with E-state index in [0.29, 0.717) is 0 Å². The van der Waals surface area contributed by atoms with Crippen molar-refractivity contribution in [3.8, 4) is 0 Å². The Morgan fingerprint density at radius 2 is 2.00 bits per heavy atom. The predicted octanol–water partition coefficient (Wildman–Crippen LogP) is 3.57. The van der Waals surface area contributed by atoms with Crippen molar-refractivity contribution in [1.29, 1.82) is 0 Å². The maximum atomic E-state index is 5.63. The summed E-state index contributed by atoms with van der Waals surface area (Å²) in [6, 6.07) is 13.7. The summed E-state index contributed by atoms with van der Waals surface area (Å²) in [6.07, 6.45) is 3.50. The number of rotatable bonds is 2. The summed E-state index contributed by atoms with van der Waals surface area (Å²) in [4.78, 5) is 4.03. The van der Waals surface area contributed by atoms with E-state index in [9.17, 15) is 0 Å². The molecular weight excluding hydrogens is 200 g/mol. The Balaban J connectivity index is 1.95. The summed E-state index contributed by atoms with van der Waals surface area (Å²) in [5, 5.41) is 4.26. The second kappa shape index (κ2) is 3.70. The molecule has 3 heteroatoms. The molecule has 0 unspecified atom stereocenters. The number of aromatic nitrogens is 1. The lowest BCUT2D eigenvalue weighted by molar-refractivity contribution is 0.634. The third-order valence-electron chi connectivity index (χ3n) is 2.35. The van der Waals surface area contributed by atoms with Gasteiger partial charge in [0, 0.05) is 17.6 Å². The molecule has 0 bridgehead atoms. The number of hydrogen-bond acceptors (Lipinski definition) is 3. The highest BCUT2D eigenvalue weighted by molar-refractivity contribution is 5.81. The molecule has 0 spiro atoms. The first-order chi connectivity index (χ1) is 7.92. The van der Waals surface area contributed by atoms with E-state index in [1.165, 1.54) is 0 Å². The molecule has 0 radical (unpaired) electrons. The first-order valence-corrected chi connectivity index (χ1v) is 5.07. The summed E-state index contributed by atoms with van der Waals surface area (Å²) >= 11 is 0. The summed E-state index contributed by atoms with van der Waals surface area (Å²) in [5.41, 5.74) is 1.80. The van der Waals surface area contributed by atoms with Gasteiger partial charge in [-0.05, 0) is 18.2 Å². The van der Waals surface area contributed by atoms with Crippen LogP contribution in [0.15, 0.2) is 59.3 Å². The van der Waals surface area contributed by atoms with Crippen LogP contribution in [0.4, 0.5) is 11.6 Å². The minimum atomic E-state index is 0.731. The number of pyridine rings is 1. The number of para-hydroxylation sites is 1. The van der Waals surface area contributed by atoms with Gasteiger partial charge in [0.1, 0.15) is 5.58 Å². The van der Waals surface area contributed by atoms with Crippen molar-refractivity contribution in [3.63, 3.8) is 0 Å². The molecule has 0 amide bonds. The summed E-state index contributed by atoms with van der Waals surface area (Å²) in [6.45, 7) is 0. The zero-order valence-electron chi connectivity index (χ0n) is 8.55. The molecule has 78 valence electrons. The van der Waals surface area contributed by atoms with Gasteiger partial charge in [-0.15, -0.1) is 0 Å². The van der Waals surface area contributed by atoms with Crippen molar-refractivity contribution in [3.05, 3.63) is 54.9 Å². The average Bonchev–Trinajstić information content (AvgIpc) is 2.72. The lowest BCUT2D eigenvalue weighted by Crippen LogP contribution is -1.87. The fraction of sp³-hybridized carbons (Fsp3) is 0. The molecule has 3 aromatic rings. The highest BCUT2D eigenvalue weighted by Gasteiger charge is 2.02. The van der Waals surface area contributed by atoms with Crippen LogP contribution in [0.2, 0.25) is 0 Å². The molecule has 0 saturated heterocycles. The molecule has 1 aromatic carbocycles. The Kier molecular flexibility index (Phi) is 2.07. The van der Waals surface area contributed by atoms with Gasteiger partial charge >= 0.3 is 0 Å². The van der Waals surface area contributed by atoms with Crippen LogP contribution in [0.3, 0.4) is 0 Å². The van der Waals surface area contributed by atoms with Crippen LogP contribution in [0.1, 0.15) is 0 Å². The normalized spacial score (nSPS) is 10.5. The highest BCUT2D eigenvalue weighted by atomic mass is 16.3. The van der Waals surface area contributed by atoms with Crippen LogP contribution < -0.4 is 5.32 Å².